The van der Waals surface area contributed by atoms with E-state index in [0.29, 0.717) is 6.54 Å². The number of hydrogen-bond donors (Lipinski definition) is 2. The molecule has 1 aliphatic heterocycles. The van der Waals surface area contributed by atoms with E-state index in [0.717, 1.165) is 36.1 Å². The van der Waals surface area contributed by atoms with Crippen LogP contribution in [0.1, 0.15) is 41.6 Å². The number of sulfonamides is 1. The molecule has 0 spiro atoms. The Kier molecular flexibility index (Phi) is 7.37. The van der Waals surface area contributed by atoms with Crippen molar-refractivity contribution in [2.24, 2.45) is 0 Å². The van der Waals surface area contributed by atoms with Gasteiger partial charge in [0.05, 0.1) is 23.1 Å². The van der Waals surface area contributed by atoms with Gasteiger partial charge in [0.2, 0.25) is 10.0 Å². The van der Waals surface area contributed by atoms with E-state index in [1.807, 2.05) is 79.7 Å². The summed E-state index contributed by atoms with van der Waals surface area (Å²) in [6.07, 6.45) is 2.22. The molecule has 3 unspecified atom stereocenters. The zero-order chi connectivity index (χ0) is 22.4. The molecular weight excluding hydrogens is 420 g/mol. The van der Waals surface area contributed by atoms with Gasteiger partial charge in [0.25, 0.3) is 0 Å². The lowest BCUT2D eigenvalue weighted by atomic mass is 9.94. The Bertz CT molecular complexity index is 1080. The third kappa shape index (κ3) is 5.64. The first kappa shape index (κ1) is 22.7. The van der Waals surface area contributed by atoms with E-state index in [2.05, 4.69) is 10.0 Å². The minimum atomic E-state index is -3.74. The van der Waals surface area contributed by atoms with Gasteiger partial charge in [-0.25, -0.2) is 13.1 Å². The third-order valence-corrected chi connectivity index (χ3v) is 7.31. The van der Waals surface area contributed by atoms with Crippen LogP contribution in [0.3, 0.4) is 0 Å². The molecule has 2 N–H and O–H groups in total. The normalized spacial score (nSPS) is 18.3. The molecule has 0 aliphatic carbocycles. The molecule has 1 aliphatic rings. The van der Waals surface area contributed by atoms with E-state index < -0.39 is 16.1 Å². The lowest BCUT2D eigenvalue weighted by molar-refractivity contribution is 0.106. The highest BCUT2D eigenvalue weighted by molar-refractivity contribution is 7.89. The zero-order valence-corrected chi connectivity index (χ0v) is 19.1. The molecule has 3 aromatic rings. The highest BCUT2D eigenvalue weighted by Gasteiger charge is 2.30. The van der Waals surface area contributed by atoms with Crippen molar-refractivity contribution >= 4 is 10.0 Å². The number of ether oxygens (including phenoxy) is 1. The SMILES string of the molecule is Cc1ccc(S(=O)(=O)NC(c2ccccc2)C(NCC2CCCO2)c2ccccc2)cc1. The second kappa shape index (κ2) is 10.4. The Balaban J connectivity index is 1.69. The fraction of sp³-hybridized carbons (Fsp3) is 0.308. The van der Waals surface area contributed by atoms with Gasteiger partial charge in [-0.05, 0) is 43.0 Å². The topological polar surface area (TPSA) is 67.4 Å². The molecule has 168 valence electrons. The zero-order valence-electron chi connectivity index (χ0n) is 18.3. The highest BCUT2D eigenvalue weighted by atomic mass is 32.2. The lowest BCUT2D eigenvalue weighted by Crippen LogP contribution is -2.40. The predicted molar refractivity (Wildman–Crippen MR) is 127 cm³/mol. The Morgan fingerprint density at radius 2 is 1.47 bits per heavy atom. The highest BCUT2D eigenvalue weighted by Crippen LogP contribution is 2.31. The standard InChI is InChI=1S/C26H30N2O3S/c1-20-14-16-24(17-15-20)32(29,30)28-26(22-11-6-3-7-12-22)25(21-9-4-2-5-10-21)27-19-23-13-8-18-31-23/h2-7,9-12,14-17,23,25-28H,8,13,18-19H2,1H3. The molecule has 6 heteroatoms. The Labute approximate surface area is 190 Å². The van der Waals surface area contributed by atoms with Gasteiger partial charge in [0.1, 0.15) is 0 Å². The molecule has 5 nitrogen and oxygen atoms in total. The summed E-state index contributed by atoms with van der Waals surface area (Å²) in [5.41, 5.74) is 2.94. The van der Waals surface area contributed by atoms with Gasteiger partial charge >= 0.3 is 0 Å². The molecule has 0 aromatic heterocycles. The van der Waals surface area contributed by atoms with Crippen LogP contribution in [0.5, 0.6) is 0 Å². The number of nitrogens with one attached hydrogen (secondary N) is 2. The summed E-state index contributed by atoms with van der Waals surface area (Å²) in [6.45, 7) is 3.39. The molecule has 1 saturated heterocycles. The Morgan fingerprint density at radius 1 is 0.875 bits per heavy atom. The summed E-state index contributed by atoms with van der Waals surface area (Å²) in [4.78, 5) is 0.259. The Hall–Kier alpha value is -2.51. The van der Waals surface area contributed by atoms with Crippen LogP contribution in [0.15, 0.2) is 89.8 Å². The number of benzene rings is 3. The molecule has 0 radical (unpaired) electrons. The molecule has 3 aromatic carbocycles. The van der Waals surface area contributed by atoms with Crippen molar-refractivity contribution in [3.8, 4) is 0 Å². The molecule has 32 heavy (non-hydrogen) atoms. The van der Waals surface area contributed by atoms with E-state index in [4.69, 9.17) is 4.74 Å². The molecular formula is C26H30N2O3S. The molecule has 1 heterocycles. The van der Waals surface area contributed by atoms with Crippen LogP contribution in [0, 0.1) is 6.92 Å². The minimum absolute atomic E-state index is 0.145. The van der Waals surface area contributed by atoms with Crippen LogP contribution in [0.2, 0.25) is 0 Å². The van der Waals surface area contributed by atoms with Gasteiger partial charge in [0.15, 0.2) is 0 Å². The van der Waals surface area contributed by atoms with E-state index in [1.54, 1.807) is 12.1 Å². The van der Waals surface area contributed by atoms with Crippen LogP contribution in [-0.4, -0.2) is 27.7 Å². The van der Waals surface area contributed by atoms with E-state index in [1.165, 1.54) is 0 Å². The predicted octanol–water partition coefficient (Wildman–Crippen LogP) is 4.52. The first-order chi connectivity index (χ1) is 15.5. The summed E-state index contributed by atoms with van der Waals surface area (Å²) in [7, 11) is -3.74. The smallest absolute Gasteiger partial charge is 0.241 e. The fourth-order valence-corrected chi connectivity index (χ4v) is 5.33. The van der Waals surface area contributed by atoms with E-state index in [-0.39, 0.29) is 17.0 Å². The molecule has 3 atom stereocenters. The number of rotatable bonds is 9. The average molecular weight is 451 g/mol. The third-order valence-electron chi connectivity index (χ3n) is 5.85. The number of aryl methyl sites for hydroxylation is 1. The first-order valence-electron chi connectivity index (χ1n) is 11.1. The summed E-state index contributed by atoms with van der Waals surface area (Å²) in [5.74, 6) is 0. The fourth-order valence-electron chi connectivity index (χ4n) is 4.09. The van der Waals surface area contributed by atoms with Crippen LogP contribution in [0.25, 0.3) is 0 Å². The molecule has 4 rings (SSSR count). The van der Waals surface area contributed by atoms with Crippen molar-refractivity contribution in [2.75, 3.05) is 13.2 Å². The maximum atomic E-state index is 13.4. The van der Waals surface area contributed by atoms with Crippen molar-refractivity contribution in [2.45, 2.75) is 42.8 Å². The molecule has 1 fully saturated rings. The summed E-state index contributed by atoms with van der Waals surface area (Å²) in [5, 5.41) is 3.61. The maximum Gasteiger partial charge on any atom is 0.241 e. The molecule has 0 saturated carbocycles. The van der Waals surface area contributed by atoms with Crippen LogP contribution < -0.4 is 10.0 Å². The van der Waals surface area contributed by atoms with Gasteiger partial charge in [-0.15, -0.1) is 0 Å². The quantitative estimate of drug-likeness (QED) is 0.503. The van der Waals surface area contributed by atoms with Gasteiger partial charge in [-0.2, -0.15) is 0 Å². The van der Waals surface area contributed by atoms with Crippen LogP contribution in [0.4, 0.5) is 0 Å². The monoisotopic (exact) mass is 450 g/mol. The van der Waals surface area contributed by atoms with Crippen LogP contribution in [-0.2, 0) is 14.8 Å². The van der Waals surface area contributed by atoms with Crippen LogP contribution >= 0.6 is 0 Å². The second-order valence-electron chi connectivity index (χ2n) is 8.25. The van der Waals surface area contributed by atoms with Crippen molar-refractivity contribution in [1.29, 1.82) is 0 Å². The van der Waals surface area contributed by atoms with Gasteiger partial charge < -0.3 is 10.1 Å². The summed E-state index contributed by atoms with van der Waals surface area (Å²) >= 11 is 0. The van der Waals surface area contributed by atoms with Crippen molar-refractivity contribution in [3.63, 3.8) is 0 Å². The second-order valence-corrected chi connectivity index (χ2v) is 9.97. The first-order valence-corrected chi connectivity index (χ1v) is 12.5. The summed E-state index contributed by atoms with van der Waals surface area (Å²) in [6, 6.07) is 25.9. The van der Waals surface area contributed by atoms with Crippen molar-refractivity contribution < 1.29 is 13.2 Å². The van der Waals surface area contributed by atoms with Gasteiger partial charge in [0, 0.05) is 13.2 Å². The molecule has 0 amide bonds. The lowest BCUT2D eigenvalue weighted by Gasteiger charge is -2.30. The largest absolute Gasteiger partial charge is 0.377 e. The maximum absolute atomic E-state index is 13.4. The van der Waals surface area contributed by atoms with E-state index >= 15 is 0 Å². The van der Waals surface area contributed by atoms with Crippen molar-refractivity contribution in [1.82, 2.24) is 10.0 Å². The average Bonchev–Trinajstić information content (AvgIpc) is 3.34. The van der Waals surface area contributed by atoms with Gasteiger partial charge in [-0.3, -0.25) is 0 Å². The minimum Gasteiger partial charge on any atom is -0.377 e. The van der Waals surface area contributed by atoms with Crippen molar-refractivity contribution in [3.05, 3.63) is 102 Å². The van der Waals surface area contributed by atoms with E-state index in [9.17, 15) is 8.42 Å². The number of hydrogen-bond acceptors (Lipinski definition) is 4. The summed E-state index contributed by atoms with van der Waals surface area (Å²) < 4.78 is 35.5. The Morgan fingerprint density at radius 3 is 2.03 bits per heavy atom. The van der Waals surface area contributed by atoms with Gasteiger partial charge in [-0.1, -0.05) is 78.4 Å². The molecule has 0 bridgehead atoms.